The van der Waals surface area contributed by atoms with E-state index in [4.69, 9.17) is 10.2 Å². The van der Waals surface area contributed by atoms with Crippen LogP contribution in [0.3, 0.4) is 0 Å². The maximum absolute atomic E-state index is 13.0. The molecule has 414 valence electrons. The number of carboxylic acids is 2. The summed E-state index contributed by atoms with van der Waals surface area (Å²) in [6, 6.07) is 24.9. The van der Waals surface area contributed by atoms with Crippen molar-refractivity contribution in [2.24, 2.45) is 0 Å². The molecule has 14 nitrogen and oxygen atoms in total. The summed E-state index contributed by atoms with van der Waals surface area (Å²) in [5.41, 5.74) is 9.42. The second-order valence-electron chi connectivity index (χ2n) is 17.6. The topological polar surface area (TPSA) is 218 Å². The van der Waals surface area contributed by atoms with Crippen LogP contribution >= 0.6 is 0 Å². The number of rotatable bonds is 14. The Morgan fingerprint density at radius 1 is 0.571 bits per heavy atom. The fourth-order valence-electron chi connectivity index (χ4n) is 6.08. The van der Waals surface area contributed by atoms with E-state index in [1.54, 1.807) is 44.2 Å². The lowest BCUT2D eigenvalue weighted by atomic mass is 9.98. The minimum absolute atomic E-state index is 0.0117. The number of carboxylic acid groups (broad SMARTS) is 2. The van der Waals surface area contributed by atoms with Crippen molar-refractivity contribution in [1.82, 2.24) is 30.6 Å². The van der Waals surface area contributed by atoms with Gasteiger partial charge in [-0.3, -0.25) is 19.2 Å². The molecule has 2 aromatic heterocycles. The number of allylic oxidation sites excluding steroid dienone is 1. The number of halogens is 1. The first kappa shape index (κ1) is 68.9. The number of nitrogens with one attached hydrogen (secondary N) is 2. The average molecular weight is 1060 g/mol. The van der Waals surface area contributed by atoms with Crippen molar-refractivity contribution < 1.29 is 43.4 Å². The van der Waals surface area contributed by atoms with Gasteiger partial charge in [-0.25, -0.2) is 33.9 Å². The molecule has 6 rings (SSSR count). The number of aromatic nitrogens is 4. The molecule has 0 saturated heterocycles. The summed E-state index contributed by atoms with van der Waals surface area (Å²) in [6.07, 6.45) is 9.08. The number of ketones is 2. The van der Waals surface area contributed by atoms with Crippen LogP contribution < -0.4 is 10.6 Å². The first-order chi connectivity index (χ1) is 36.4. The summed E-state index contributed by atoms with van der Waals surface area (Å²) in [6.45, 7) is 32.8. The Morgan fingerprint density at radius 3 is 1.40 bits per heavy atom. The third-order valence-electron chi connectivity index (χ3n) is 11.1. The molecule has 0 bridgehead atoms. The van der Waals surface area contributed by atoms with Gasteiger partial charge >= 0.3 is 11.9 Å². The van der Waals surface area contributed by atoms with Crippen LogP contribution in [0.15, 0.2) is 116 Å². The summed E-state index contributed by atoms with van der Waals surface area (Å²) >= 11 is 0. The summed E-state index contributed by atoms with van der Waals surface area (Å²) in [7, 11) is 0. The van der Waals surface area contributed by atoms with Crippen LogP contribution in [-0.4, -0.2) is 65.5 Å². The van der Waals surface area contributed by atoms with E-state index in [0.717, 1.165) is 30.3 Å². The van der Waals surface area contributed by atoms with Crippen molar-refractivity contribution in [3.63, 3.8) is 0 Å². The molecule has 0 aliphatic heterocycles. The van der Waals surface area contributed by atoms with E-state index in [9.17, 15) is 33.2 Å². The second-order valence-corrected chi connectivity index (χ2v) is 17.6. The number of nitrogens with zero attached hydrogens (tertiary/aromatic N) is 4. The number of amides is 2. The zero-order valence-corrected chi connectivity index (χ0v) is 47.8. The van der Waals surface area contributed by atoms with E-state index in [-0.39, 0.29) is 52.3 Å². The van der Waals surface area contributed by atoms with E-state index in [2.05, 4.69) is 111 Å². The number of hydrogen-bond donors (Lipinski definition) is 4. The predicted octanol–water partition coefficient (Wildman–Crippen LogP) is 14.0. The second kappa shape index (κ2) is 37.6. The molecule has 0 spiro atoms. The summed E-state index contributed by atoms with van der Waals surface area (Å²) in [4.78, 5) is 83.7. The van der Waals surface area contributed by atoms with Crippen LogP contribution in [-0.2, 0) is 13.0 Å². The Kier molecular flexibility index (Phi) is 33.7. The van der Waals surface area contributed by atoms with E-state index in [1.807, 2.05) is 39.0 Å². The Hall–Kier alpha value is -8.07. The molecule has 15 heteroatoms. The van der Waals surface area contributed by atoms with Gasteiger partial charge in [0, 0.05) is 26.5 Å². The van der Waals surface area contributed by atoms with Crippen LogP contribution in [0.1, 0.15) is 215 Å². The maximum Gasteiger partial charge on any atom is 0.335 e. The molecule has 1 unspecified atom stereocenters. The fourth-order valence-corrected chi connectivity index (χ4v) is 6.08. The number of benzene rings is 4. The molecule has 0 aliphatic carbocycles. The number of carbonyl (C=O) groups excluding carboxylic acids is 4. The number of aromatic carboxylic acids is 2. The highest BCUT2D eigenvalue weighted by Gasteiger charge is 2.18. The molecule has 6 aromatic rings. The summed E-state index contributed by atoms with van der Waals surface area (Å²) in [5.74, 6) is -3.13. The minimum Gasteiger partial charge on any atom is -0.478 e. The maximum atomic E-state index is 13.0. The lowest BCUT2D eigenvalue weighted by Crippen LogP contribution is -2.29. The quantitative estimate of drug-likeness (QED) is 0.0591. The SMILES string of the molecule is C=CCC.CC.CC(=O)c1cc(C(C)=O)ncn1.CCCC.CCc1ccc(C)c(C)c1.Cc1cc(C(C)C)ccc1C(=O)O.Cc1cc(C(C)NC(=O)c2cc(C(=O)NCc3ccc(F)cc3)ncn2)ccc1C(=O)O. The van der Waals surface area contributed by atoms with Crippen molar-refractivity contribution in [3.8, 4) is 0 Å². The number of hydrogen-bond acceptors (Lipinski definition) is 10. The highest BCUT2D eigenvalue weighted by Crippen LogP contribution is 2.20. The molecule has 1 atom stereocenters. The largest absolute Gasteiger partial charge is 0.478 e. The van der Waals surface area contributed by atoms with Crippen LogP contribution in [0.5, 0.6) is 0 Å². The van der Waals surface area contributed by atoms with Gasteiger partial charge in [0.05, 0.1) is 17.2 Å². The monoisotopic (exact) mass is 1060 g/mol. The van der Waals surface area contributed by atoms with E-state index < -0.39 is 29.8 Å². The molecule has 0 saturated carbocycles. The average Bonchev–Trinajstić information content (AvgIpc) is 3.42. The summed E-state index contributed by atoms with van der Waals surface area (Å²) in [5, 5.41) is 23.4. The predicted molar refractivity (Wildman–Crippen MR) is 306 cm³/mol. The van der Waals surface area contributed by atoms with Gasteiger partial charge in [-0.1, -0.05) is 129 Å². The lowest BCUT2D eigenvalue weighted by molar-refractivity contribution is 0.0685. The molecule has 0 radical (unpaired) electrons. The Balaban J connectivity index is 0.00000105. The molecular formula is C62H81FN6O8. The van der Waals surface area contributed by atoms with E-state index in [1.165, 1.54) is 85.6 Å². The van der Waals surface area contributed by atoms with Crippen LogP contribution in [0.25, 0.3) is 0 Å². The van der Waals surface area contributed by atoms with Gasteiger partial charge in [-0.15, -0.1) is 6.58 Å². The normalized spacial score (nSPS) is 10.1. The zero-order chi connectivity index (χ0) is 58.8. The Morgan fingerprint density at radius 2 is 1.00 bits per heavy atom. The molecule has 0 fully saturated rings. The number of carbonyl (C=O) groups is 6. The molecule has 4 aromatic carbocycles. The lowest BCUT2D eigenvalue weighted by Gasteiger charge is -2.15. The van der Waals surface area contributed by atoms with Crippen molar-refractivity contribution in [1.29, 1.82) is 0 Å². The molecule has 2 heterocycles. The van der Waals surface area contributed by atoms with Crippen molar-refractivity contribution in [2.75, 3.05) is 0 Å². The molecular weight excluding hydrogens is 976 g/mol. The van der Waals surface area contributed by atoms with Crippen molar-refractivity contribution >= 4 is 35.3 Å². The standard InChI is InChI=1S/C23H21FN4O4.C11H14O2.C10H14.C8H8N2O2.C4H10.C4H8.C2H6/c1-13-9-16(5-8-18(13)23(31)32)14(2)28-22(30)20-10-19(26-12-27-20)21(29)25-11-15-3-6-17(24)7-4-15;1-7(2)9-4-5-10(11(12)13)8(3)6-9;1-4-10-6-5-8(2)9(3)7-10;1-5(11)7-3-8(6(2)12)10-4-9-7;2*1-3-4-2;1-2/h3-10,12,14H,11H2,1-2H3,(H,25,29)(H,28,30)(H,31,32);4-7H,1-3H3,(H,12,13);5-7H,4H2,1-3H3;3-4H,1-2H3;3-4H2,1-2H3;3H,1,4H2,2H3;1-2H3. The van der Waals surface area contributed by atoms with Gasteiger partial charge in [-0.2, -0.15) is 0 Å². The first-order valence-electron chi connectivity index (χ1n) is 25.8. The van der Waals surface area contributed by atoms with Gasteiger partial charge in [0.15, 0.2) is 11.6 Å². The smallest absolute Gasteiger partial charge is 0.335 e. The highest BCUT2D eigenvalue weighted by atomic mass is 19.1. The van der Waals surface area contributed by atoms with Gasteiger partial charge < -0.3 is 20.8 Å². The number of aryl methyl sites for hydroxylation is 5. The molecule has 77 heavy (non-hydrogen) atoms. The van der Waals surface area contributed by atoms with E-state index in [0.29, 0.717) is 22.6 Å². The molecule has 2 amide bonds. The number of Topliss-reactive ketones (excluding diaryl/α,β-unsaturated/α-hetero) is 2. The van der Waals surface area contributed by atoms with Crippen molar-refractivity contribution in [3.05, 3.63) is 201 Å². The van der Waals surface area contributed by atoms with Gasteiger partial charge in [-0.05, 0) is 128 Å². The Bertz CT molecular complexity index is 2800. The summed E-state index contributed by atoms with van der Waals surface area (Å²) < 4.78 is 13.0. The van der Waals surface area contributed by atoms with Crippen LogP contribution in [0, 0.1) is 33.5 Å². The number of unbranched alkanes of at least 4 members (excludes halogenated alkanes) is 1. The van der Waals surface area contributed by atoms with Gasteiger partial charge in [0.1, 0.15) is 41.2 Å². The first-order valence-corrected chi connectivity index (χ1v) is 25.8. The molecule has 0 aliphatic rings. The highest BCUT2D eigenvalue weighted by molar-refractivity contribution is 5.98. The van der Waals surface area contributed by atoms with Crippen LogP contribution in [0.4, 0.5) is 4.39 Å². The minimum atomic E-state index is -1.02. The zero-order valence-electron chi connectivity index (χ0n) is 47.8. The van der Waals surface area contributed by atoms with Crippen molar-refractivity contribution in [2.45, 2.75) is 148 Å². The van der Waals surface area contributed by atoms with Crippen LogP contribution in [0.2, 0.25) is 0 Å². The Labute approximate surface area is 456 Å². The van der Waals surface area contributed by atoms with Gasteiger partial charge in [0.25, 0.3) is 11.8 Å². The third-order valence-corrected chi connectivity index (χ3v) is 11.1. The third kappa shape index (κ3) is 26.3. The van der Waals surface area contributed by atoms with Gasteiger partial charge in [0.2, 0.25) is 0 Å². The fraction of sp³-hybridized carbons (Fsp3) is 0.355. The van der Waals surface area contributed by atoms with E-state index >= 15 is 0 Å². The molecule has 4 N–H and O–H groups in total.